The van der Waals surface area contributed by atoms with E-state index >= 15 is 0 Å². The summed E-state index contributed by atoms with van der Waals surface area (Å²) in [6.07, 6.45) is 5.68. The van der Waals surface area contributed by atoms with Gasteiger partial charge in [-0.05, 0) is 35.6 Å². The highest BCUT2D eigenvalue weighted by Crippen LogP contribution is 2.15. The second-order valence-electron chi connectivity index (χ2n) is 6.27. The van der Waals surface area contributed by atoms with E-state index in [0.717, 1.165) is 30.8 Å². The summed E-state index contributed by atoms with van der Waals surface area (Å²) in [7, 11) is 0. The topological polar surface area (TPSA) is 38.3 Å². The van der Waals surface area contributed by atoms with E-state index in [2.05, 4.69) is 33.0 Å². The van der Waals surface area contributed by atoms with Gasteiger partial charge in [-0.25, -0.2) is 0 Å². The van der Waals surface area contributed by atoms with Gasteiger partial charge in [-0.1, -0.05) is 52.3 Å². The molecule has 0 heterocycles. The molecule has 0 spiro atoms. The maximum atomic E-state index is 11.7. The van der Waals surface area contributed by atoms with Gasteiger partial charge in [0.05, 0.1) is 6.61 Å². The fraction of sp³-hybridized carbons (Fsp3) is 0.500. The monoisotopic (exact) mass is 289 g/mol. The summed E-state index contributed by atoms with van der Waals surface area (Å²) in [6, 6.07) is 7.86. The normalized spacial score (nSPS) is 11.6. The van der Waals surface area contributed by atoms with Crippen LogP contribution >= 0.6 is 0 Å². The average Bonchev–Trinajstić information content (AvgIpc) is 2.43. The lowest BCUT2D eigenvalue weighted by atomic mass is 9.96. The number of benzene rings is 1. The minimum atomic E-state index is -0.0674. The molecule has 1 aromatic carbocycles. The van der Waals surface area contributed by atoms with Crippen molar-refractivity contribution in [1.29, 1.82) is 0 Å². The summed E-state index contributed by atoms with van der Waals surface area (Å²) < 4.78 is 5.66. The third kappa shape index (κ3) is 8.18. The summed E-state index contributed by atoms with van der Waals surface area (Å²) in [5, 5.41) is 2.88. The molecule has 0 aromatic heterocycles. The van der Waals surface area contributed by atoms with E-state index in [-0.39, 0.29) is 11.3 Å². The molecule has 0 saturated carbocycles. The maximum absolute atomic E-state index is 11.7. The Morgan fingerprint density at radius 2 is 2.10 bits per heavy atom. The maximum Gasteiger partial charge on any atom is 0.243 e. The Kier molecular flexibility index (Phi) is 7.00. The molecule has 0 saturated heterocycles. The number of hydrogen-bond acceptors (Lipinski definition) is 2. The lowest BCUT2D eigenvalue weighted by Gasteiger charge is -2.11. The van der Waals surface area contributed by atoms with Crippen molar-refractivity contribution in [3.8, 4) is 5.75 Å². The number of hydrogen-bond donors (Lipinski definition) is 1. The number of carbonyl (C=O) groups is 1. The van der Waals surface area contributed by atoms with Crippen LogP contribution in [-0.2, 0) is 11.3 Å². The van der Waals surface area contributed by atoms with Crippen LogP contribution in [0.3, 0.4) is 0 Å². The summed E-state index contributed by atoms with van der Waals surface area (Å²) in [4.78, 5) is 11.7. The number of allylic oxidation sites excluding steroid dienone is 1. The number of ether oxygens (including phenoxy) is 1. The molecular formula is C18H27NO2. The van der Waals surface area contributed by atoms with Gasteiger partial charge in [-0.3, -0.25) is 4.79 Å². The largest absolute Gasteiger partial charge is 0.494 e. The molecule has 0 atom stereocenters. The highest BCUT2D eigenvalue weighted by atomic mass is 16.5. The van der Waals surface area contributed by atoms with E-state index in [0.29, 0.717) is 6.54 Å². The first-order valence-corrected chi connectivity index (χ1v) is 7.59. The van der Waals surface area contributed by atoms with Gasteiger partial charge in [0.25, 0.3) is 0 Å². The van der Waals surface area contributed by atoms with Crippen molar-refractivity contribution in [2.75, 3.05) is 6.61 Å². The van der Waals surface area contributed by atoms with Gasteiger partial charge >= 0.3 is 0 Å². The van der Waals surface area contributed by atoms with Crippen molar-refractivity contribution in [2.45, 2.75) is 47.1 Å². The zero-order chi connectivity index (χ0) is 15.7. The van der Waals surface area contributed by atoms with Gasteiger partial charge in [-0.2, -0.15) is 0 Å². The first-order valence-electron chi connectivity index (χ1n) is 7.59. The number of amides is 1. The van der Waals surface area contributed by atoms with Gasteiger partial charge in [0.2, 0.25) is 5.91 Å². The van der Waals surface area contributed by atoms with Crippen molar-refractivity contribution in [1.82, 2.24) is 5.32 Å². The number of unbranched alkanes of at least 4 members (excludes halogenated alkanes) is 1. The van der Waals surface area contributed by atoms with Gasteiger partial charge in [-0.15, -0.1) is 0 Å². The standard InChI is InChI=1S/C18H27NO2/c1-5-6-12-21-16-9-7-8-15(13-16)14-19-17(20)10-11-18(2,3)4/h7-11,13H,5-6,12,14H2,1-4H3,(H,19,20)/b11-10+. The van der Waals surface area contributed by atoms with Crippen molar-refractivity contribution in [3.63, 3.8) is 0 Å². The lowest BCUT2D eigenvalue weighted by molar-refractivity contribution is -0.116. The Morgan fingerprint density at radius 3 is 2.76 bits per heavy atom. The molecule has 0 aliphatic rings. The van der Waals surface area contributed by atoms with Crippen LogP contribution < -0.4 is 10.1 Å². The number of carbonyl (C=O) groups excluding carboxylic acids is 1. The summed E-state index contributed by atoms with van der Waals surface area (Å²) >= 11 is 0. The molecule has 21 heavy (non-hydrogen) atoms. The SMILES string of the molecule is CCCCOc1cccc(CNC(=O)/C=C/C(C)(C)C)c1. The fourth-order valence-electron chi connectivity index (χ4n) is 1.65. The second-order valence-corrected chi connectivity index (χ2v) is 6.27. The zero-order valence-corrected chi connectivity index (χ0v) is 13.6. The van der Waals surface area contributed by atoms with Gasteiger partial charge in [0.1, 0.15) is 5.75 Å². The third-order valence-electron chi connectivity index (χ3n) is 2.87. The summed E-state index contributed by atoms with van der Waals surface area (Å²) in [5.41, 5.74) is 1.06. The fourth-order valence-corrected chi connectivity index (χ4v) is 1.65. The smallest absolute Gasteiger partial charge is 0.243 e. The van der Waals surface area contributed by atoms with Crippen LogP contribution in [-0.4, -0.2) is 12.5 Å². The summed E-state index contributed by atoms with van der Waals surface area (Å²) in [5.74, 6) is 0.794. The van der Waals surface area contributed by atoms with Crippen molar-refractivity contribution >= 4 is 5.91 Å². The predicted octanol–water partition coefficient (Wildman–Crippen LogP) is 4.08. The number of nitrogens with one attached hydrogen (secondary N) is 1. The third-order valence-corrected chi connectivity index (χ3v) is 2.87. The molecule has 0 fully saturated rings. The van der Waals surface area contributed by atoms with Crippen LogP contribution in [0.2, 0.25) is 0 Å². The van der Waals surface area contributed by atoms with E-state index in [1.165, 1.54) is 0 Å². The van der Waals surface area contributed by atoms with E-state index in [9.17, 15) is 4.79 Å². The molecule has 1 aromatic rings. The first kappa shape index (κ1) is 17.3. The molecule has 0 radical (unpaired) electrons. The predicted molar refractivity (Wildman–Crippen MR) is 87.3 cm³/mol. The van der Waals surface area contributed by atoms with Crippen molar-refractivity contribution < 1.29 is 9.53 Å². The minimum Gasteiger partial charge on any atom is -0.494 e. The Labute approximate surface area is 128 Å². The van der Waals surface area contributed by atoms with E-state index in [1.807, 2.05) is 30.3 Å². The van der Waals surface area contributed by atoms with E-state index in [4.69, 9.17) is 4.74 Å². The van der Waals surface area contributed by atoms with Crippen LogP contribution in [0.4, 0.5) is 0 Å². The summed E-state index contributed by atoms with van der Waals surface area (Å²) in [6.45, 7) is 9.58. The molecule has 116 valence electrons. The Hall–Kier alpha value is -1.77. The first-order chi connectivity index (χ1) is 9.90. The Morgan fingerprint density at radius 1 is 1.33 bits per heavy atom. The molecule has 3 nitrogen and oxygen atoms in total. The Bertz CT molecular complexity index is 472. The molecule has 1 N–H and O–H groups in total. The lowest BCUT2D eigenvalue weighted by Crippen LogP contribution is -2.20. The molecule has 0 bridgehead atoms. The van der Waals surface area contributed by atoms with Gasteiger partial charge in [0, 0.05) is 6.54 Å². The van der Waals surface area contributed by atoms with Crippen LogP contribution in [0.25, 0.3) is 0 Å². The average molecular weight is 289 g/mol. The van der Waals surface area contributed by atoms with E-state index < -0.39 is 0 Å². The molecular weight excluding hydrogens is 262 g/mol. The molecule has 1 amide bonds. The van der Waals surface area contributed by atoms with Crippen LogP contribution in [0.1, 0.15) is 46.1 Å². The minimum absolute atomic E-state index is 0.0182. The molecule has 0 aliphatic heterocycles. The molecule has 0 aliphatic carbocycles. The van der Waals surface area contributed by atoms with Crippen LogP contribution in [0, 0.1) is 5.41 Å². The molecule has 1 rings (SSSR count). The second kappa shape index (κ2) is 8.50. The highest BCUT2D eigenvalue weighted by molar-refractivity contribution is 5.87. The van der Waals surface area contributed by atoms with Crippen LogP contribution in [0.5, 0.6) is 5.75 Å². The molecule has 0 unspecified atom stereocenters. The quantitative estimate of drug-likeness (QED) is 0.606. The van der Waals surface area contributed by atoms with Crippen LogP contribution in [0.15, 0.2) is 36.4 Å². The highest BCUT2D eigenvalue weighted by Gasteiger charge is 2.05. The Balaban J connectivity index is 2.46. The number of rotatable bonds is 7. The van der Waals surface area contributed by atoms with Crippen molar-refractivity contribution in [2.24, 2.45) is 5.41 Å². The zero-order valence-electron chi connectivity index (χ0n) is 13.6. The van der Waals surface area contributed by atoms with E-state index in [1.54, 1.807) is 6.08 Å². The van der Waals surface area contributed by atoms with Gasteiger partial charge in [0.15, 0.2) is 0 Å². The molecule has 3 heteroatoms. The van der Waals surface area contributed by atoms with Gasteiger partial charge < -0.3 is 10.1 Å². The van der Waals surface area contributed by atoms with Crippen molar-refractivity contribution in [3.05, 3.63) is 42.0 Å².